The van der Waals surface area contributed by atoms with Gasteiger partial charge >= 0.3 is 0 Å². The van der Waals surface area contributed by atoms with Crippen LogP contribution in [-0.2, 0) is 0 Å². The number of hydrogen-bond acceptors (Lipinski definition) is 1. The first-order valence-electron chi connectivity index (χ1n) is 3.60. The van der Waals surface area contributed by atoms with E-state index in [1.54, 1.807) is 0 Å². The molecule has 1 atom stereocenters. The number of nitrogens with zero attached hydrogens (tertiary/aromatic N) is 1. The zero-order valence-corrected chi connectivity index (χ0v) is 8.40. The predicted molar refractivity (Wildman–Crippen MR) is 48.1 cm³/mol. The van der Waals surface area contributed by atoms with Crippen molar-refractivity contribution in [1.82, 2.24) is 0 Å². The maximum Gasteiger partial charge on any atom is 0.137 e. The molecule has 0 N–H and O–H groups in total. The molecule has 0 aromatic heterocycles. The van der Waals surface area contributed by atoms with E-state index in [2.05, 4.69) is 15.9 Å². The third kappa shape index (κ3) is 2.04. The summed E-state index contributed by atoms with van der Waals surface area (Å²) in [6, 6.07) is 3.91. The van der Waals surface area contributed by atoms with Gasteiger partial charge in [-0.15, -0.1) is 0 Å². The molecule has 1 nitrogen and oxygen atoms in total. The van der Waals surface area contributed by atoms with Crippen LogP contribution in [0.25, 0.3) is 0 Å². The lowest BCUT2D eigenvalue weighted by Gasteiger charge is -2.05. The van der Waals surface area contributed by atoms with Gasteiger partial charge in [0.05, 0.1) is 16.5 Å². The molecule has 13 heavy (non-hydrogen) atoms. The summed E-state index contributed by atoms with van der Waals surface area (Å²) in [4.78, 5) is 0. The molecule has 1 rings (SSSR count). The Balaban J connectivity index is 3.25. The average Bonchev–Trinajstić information content (AvgIpc) is 2.10. The molecule has 1 aromatic carbocycles. The average molecular weight is 246 g/mol. The van der Waals surface area contributed by atoms with Crippen LogP contribution in [0, 0.1) is 23.0 Å². The van der Waals surface area contributed by atoms with Crippen LogP contribution in [0.15, 0.2) is 16.6 Å². The Bertz CT molecular complexity index is 371. The van der Waals surface area contributed by atoms with E-state index in [0.717, 1.165) is 12.1 Å². The van der Waals surface area contributed by atoms with E-state index in [1.807, 2.05) is 6.07 Å². The minimum absolute atomic E-state index is 0.0684. The lowest BCUT2D eigenvalue weighted by molar-refractivity contribution is 0.577. The fourth-order valence-corrected chi connectivity index (χ4v) is 1.25. The fraction of sp³-hybridized carbons (Fsp3) is 0.222. The molecule has 0 fully saturated rings. The molecule has 0 aliphatic heterocycles. The summed E-state index contributed by atoms with van der Waals surface area (Å²) in [5, 5.41) is 8.52. The minimum atomic E-state index is -0.636. The molecular formula is C9H6BrF2N. The molecule has 0 spiro atoms. The molecule has 0 radical (unpaired) electrons. The SMILES string of the molecule is CC(C#N)c1cc(F)c(Br)cc1F. The van der Waals surface area contributed by atoms with Crippen molar-refractivity contribution < 1.29 is 8.78 Å². The summed E-state index contributed by atoms with van der Waals surface area (Å²) in [6.07, 6.45) is 0. The van der Waals surface area contributed by atoms with Crippen molar-refractivity contribution in [3.63, 3.8) is 0 Å². The van der Waals surface area contributed by atoms with Crippen molar-refractivity contribution in [2.24, 2.45) is 0 Å². The molecule has 68 valence electrons. The van der Waals surface area contributed by atoms with Crippen LogP contribution in [0.2, 0.25) is 0 Å². The quantitative estimate of drug-likeness (QED) is 0.697. The first-order chi connectivity index (χ1) is 6.06. The highest BCUT2D eigenvalue weighted by Gasteiger charge is 2.13. The Morgan fingerprint density at radius 2 is 2.00 bits per heavy atom. The second kappa shape index (κ2) is 3.84. The molecule has 0 saturated carbocycles. The van der Waals surface area contributed by atoms with Gasteiger partial charge in [0, 0.05) is 5.56 Å². The van der Waals surface area contributed by atoms with Gasteiger partial charge in [0.25, 0.3) is 0 Å². The van der Waals surface area contributed by atoms with Crippen molar-refractivity contribution in [3.05, 3.63) is 33.8 Å². The van der Waals surface area contributed by atoms with Gasteiger partial charge in [0.1, 0.15) is 11.6 Å². The highest BCUT2D eigenvalue weighted by atomic mass is 79.9. The van der Waals surface area contributed by atoms with E-state index in [0.29, 0.717) is 0 Å². The van der Waals surface area contributed by atoms with Gasteiger partial charge in [-0.3, -0.25) is 0 Å². The summed E-state index contributed by atoms with van der Waals surface area (Å²) in [5.74, 6) is -1.76. The molecule has 0 bridgehead atoms. The van der Waals surface area contributed by atoms with Crippen molar-refractivity contribution in [1.29, 1.82) is 5.26 Å². The summed E-state index contributed by atoms with van der Waals surface area (Å²) in [5.41, 5.74) is 0.0863. The Kier molecular flexibility index (Phi) is 2.99. The Labute approximate surface area is 83.1 Å². The van der Waals surface area contributed by atoms with Crippen molar-refractivity contribution in [2.75, 3.05) is 0 Å². The molecule has 4 heteroatoms. The Morgan fingerprint density at radius 1 is 1.38 bits per heavy atom. The first kappa shape index (κ1) is 10.1. The summed E-state index contributed by atoms with van der Waals surface area (Å²) in [7, 11) is 0. The van der Waals surface area contributed by atoms with Gasteiger partial charge in [-0.1, -0.05) is 0 Å². The van der Waals surface area contributed by atoms with E-state index in [-0.39, 0.29) is 10.0 Å². The van der Waals surface area contributed by atoms with Crippen LogP contribution >= 0.6 is 15.9 Å². The number of hydrogen-bond donors (Lipinski definition) is 0. The summed E-state index contributed by atoms with van der Waals surface area (Å²) >= 11 is 2.85. The van der Waals surface area contributed by atoms with Crippen LogP contribution in [0.3, 0.4) is 0 Å². The zero-order valence-electron chi connectivity index (χ0n) is 6.81. The lowest BCUT2D eigenvalue weighted by atomic mass is 10.0. The van der Waals surface area contributed by atoms with Gasteiger partial charge in [0.2, 0.25) is 0 Å². The van der Waals surface area contributed by atoms with Crippen molar-refractivity contribution in [3.8, 4) is 6.07 Å². The molecule has 0 aliphatic carbocycles. The Hall–Kier alpha value is -0.950. The second-order valence-electron chi connectivity index (χ2n) is 2.64. The second-order valence-corrected chi connectivity index (χ2v) is 3.49. The van der Waals surface area contributed by atoms with Gasteiger partial charge in [-0.2, -0.15) is 5.26 Å². The fourth-order valence-electron chi connectivity index (χ4n) is 0.939. The number of halogens is 3. The molecular weight excluding hydrogens is 240 g/mol. The molecule has 0 heterocycles. The van der Waals surface area contributed by atoms with E-state index >= 15 is 0 Å². The number of benzene rings is 1. The van der Waals surface area contributed by atoms with E-state index < -0.39 is 17.6 Å². The summed E-state index contributed by atoms with van der Waals surface area (Å²) in [6.45, 7) is 1.52. The monoisotopic (exact) mass is 245 g/mol. The van der Waals surface area contributed by atoms with Crippen molar-refractivity contribution in [2.45, 2.75) is 12.8 Å². The number of nitriles is 1. The molecule has 1 unspecified atom stereocenters. The van der Waals surface area contributed by atoms with Gasteiger partial charge in [-0.05, 0) is 35.0 Å². The van der Waals surface area contributed by atoms with Crippen LogP contribution in [0.5, 0.6) is 0 Å². The third-order valence-electron chi connectivity index (χ3n) is 1.70. The summed E-state index contributed by atoms with van der Waals surface area (Å²) < 4.78 is 26.1. The highest BCUT2D eigenvalue weighted by molar-refractivity contribution is 9.10. The van der Waals surface area contributed by atoms with Crippen LogP contribution in [0.4, 0.5) is 8.78 Å². The van der Waals surface area contributed by atoms with Crippen LogP contribution < -0.4 is 0 Å². The van der Waals surface area contributed by atoms with Crippen molar-refractivity contribution >= 4 is 15.9 Å². The van der Waals surface area contributed by atoms with E-state index in [1.165, 1.54) is 6.92 Å². The largest absolute Gasteiger partial charge is 0.207 e. The maximum atomic E-state index is 13.1. The minimum Gasteiger partial charge on any atom is -0.207 e. The highest BCUT2D eigenvalue weighted by Crippen LogP contribution is 2.24. The normalized spacial score (nSPS) is 12.2. The molecule has 0 aliphatic rings. The third-order valence-corrected chi connectivity index (χ3v) is 2.31. The molecule has 0 amide bonds. The van der Waals surface area contributed by atoms with Gasteiger partial charge < -0.3 is 0 Å². The maximum absolute atomic E-state index is 13.1. The predicted octanol–water partition coefficient (Wildman–Crippen LogP) is 3.35. The number of rotatable bonds is 1. The van der Waals surface area contributed by atoms with Gasteiger partial charge in [-0.25, -0.2) is 8.78 Å². The molecule has 1 aromatic rings. The van der Waals surface area contributed by atoms with Crippen LogP contribution in [0.1, 0.15) is 18.4 Å². The van der Waals surface area contributed by atoms with E-state index in [9.17, 15) is 8.78 Å². The van der Waals surface area contributed by atoms with Gasteiger partial charge in [0.15, 0.2) is 0 Å². The lowest BCUT2D eigenvalue weighted by Crippen LogP contribution is -1.96. The van der Waals surface area contributed by atoms with Crippen LogP contribution in [-0.4, -0.2) is 0 Å². The molecule has 0 saturated heterocycles. The van der Waals surface area contributed by atoms with E-state index in [4.69, 9.17) is 5.26 Å². The first-order valence-corrected chi connectivity index (χ1v) is 4.39. The Morgan fingerprint density at radius 3 is 2.54 bits per heavy atom. The smallest absolute Gasteiger partial charge is 0.137 e. The zero-order chi connectivity index (χ0) is 10.0. The standard InChI is InChI=1S/C9H6BrF2N/c1-5(4-13)6-2-9(12)7(10)3-8(6)11/h2-3,5H,1H3. The topological polar surface area (TPSA) is 23.8 Å².